The first-order chi connectivity index (χ1) is 14.4. The van der Waals surface area contributed by atoms with Crippen LogP contribution in [-0.2, 0) is 14.8 Å². The van der Waals surface area contributed by atoms with Crippen LogP contribution < -0.4 is 9.21 Å². The molecule has 2 aromatic rings. The minimum absolute atomic E-state index is 0. The number of hydrogen-bond acceptors (Lipinski definition) is 6. The van der Waals surface area contributed by atoms with E-state index in [0.717, 1.165) is 26.2 Å². The molecule has 4 rings (SSSR count). The van der Waals surface area contributed by atoms with E-state index in [1.807, 2.05) is 0 Å². The van der Waals surface area contributed by atoms with Crippen molar-refractivity contribution in [1.82, 2.24) is 9.80 Å². The summed E-state index contributed by atoms with van der Waals surface area (Å²) in [5.41, 5.74) is 1.39. The molecule has 0 unspecified atom stereocenters. The molecule has 1 fully saturated rings. The van der Waals surface area contributed by atoms with Gasteiger partial charge in [0.25, 0.3) is 10.0 Å². The average molecular weight is 503 g/mol. The van der Waals surface area contributed by atoms with Gasteiger partial charge in [-0.15, -0.1) is 24.8 Å². The number of halogens is 2. The van der Waals surface area contributed by atoms with Gasteiger partial charge in [0, 0.05) is 39.8 Å². The molecule has 2 aliphatic heterocycles. The monoisotopic (exact) mass is 502 g/mol. The highest BCUT2D eigenvalue weighted by Crippen LogP contribution is 2.43. The van der Waals surface area contributed by atoms with Gasteiger partial charge in [0.15, 0.2) is 0 Å². The van der Waals surface area contributed by atoms with Crippen molar-refractivity contribution in [2.24, 2.45) is 0 Å². The van der Waals surface area contributed by atoms with Crippen LogP contribution in [0.1, 0.15) is 0 Å². The lowest BCUT2D eigenvalue weighted by atomic mass is 10.2. The second-order valence-electron chi connectivity index (χ2n) is 7.50. The lowest BCUT2D eigenvalue weighted by molar-refractivity contribution is -0.119. The lowest BCUT2D eigenvalue weighted by Crippen LogP contribution is -2.50. The minimum Gasteiger partial charge on any atom is -0.395 e. The largest absolute Gasteiger partial charge is 0.395 e. The number of hydrogen-bond donors (Lipinski definition) is 1. The van der Waals surface area contributed by atoms with Gasteiger partial charge in [-0.1, -0.05) is 24.3 Å². The number of rotatable bonds is 4. The van der Waals surface area contributed by atoms with E-state index in [-0.39, 0.29) is 48.8 Å². The molecule has 0 radical (unpaired) electrons. The van der Waals surface area contributed by atoms with Crippen LogP contribution in [0.3, 0.4) is 0 Å². The summed E-state index contributed by atoms with van der Waals surface area (Å²) >= 11 is 0. The van der Waals surface area contributed by atoms with Gasteiger partial charge in [-0.3, -0.25) is 23.8 Å². The maximum Gasteiger partial charge on any atom is 0.266 e. The Balaban J connectivity index is 0.00000181. The summed E-state index contributed by atoms with van der Waals surface area (Å²) in [6.45, 7) is 3.99. The number of nitrogens with zero attached hydrogens (tertiary/aromatic N) is 4. The molecule has 0 aromatic heterocycles. The molecular weight excluding hydrogens is 475 g/mol. The third-order valence-electron chi connectivity index (χ3n) is 5.70. The van der Waals surface area contributed by atoms with Gasteiger partial charge >= 0.3 is 0 Å². The summed E-state index contributed by atoms with van der Waals surface area (Å²) in [7, 11) is -2.28. The fraction of sp³-hybridized carbons (Fsp3) is 0.381. The first-order valence-electron chi connectivity index (χ1n) is 9.99. The van der Waals surface area contributed by atoms with E-state index in [0.29, 0.717) is 23.6 Å². The second kappa shape index (κ2) is 10.8. The van der Waals surface area contributed by atoms with Gasteiger partial charge in [0.05, 0.1) is 30.2 Å². The van der Waals surface area contributed by atoms with Crippen LogP contribution in [0.4, 0.5) is 17.1 Å². The number of carbonyl (C=O) groups is 1. The molecule has 0 saturated carbocycles. The van der Waals surface area contributed by atoms with Crippen LogP contribution in [0.2, 0.25) is 0 Å². The molecule has 32 heavy (non-hydrogen) atoms. The van der Waals surface area contributed by atoms with Crippen molar-refractivity contribution in [2.75, 3.05) is 62.1 Å². The maximum atomic E-state index is 13.5. The van der Waals surface area contributed by atoms with Gasteiger partial charge in [0.2, 0.25) is 5.91 Å². The summed E-state index contributed by atoms with van der Waals surface area (Å²) in [6, 6.07) is 13.7. The number of β-amino-alcohol motifs (C(OH)–C–C–N with tert-alkyl or cyclic N) is 1. The number of sulfonamides is 1. The number of para-hydroxylation sites is 3. The Kier molecular flexibility index (Phi) is 8.92. The van der Waals surface area contributed by atoms with Crippen molar-refractivity contribution in [3.05, 3.63) is 48.5 Å². The zero-order valence-corrected chi connectivity index (χ0v) is 20.2. The minimum atomic E-state index is -3.79. The van der Waals surface area contributed by atoms with Crippen LogP contribution >= 0.6 is 24.8 Å². The van der Waals surface area contributed by atoms with Crippen molar-refractivity contribution in [3.8, 4) is 0 Å². The van der Waals surface area contributed by atoms with E-state index in [9.17, 15) is 13.2 Å². The molecule has 1 amide bonds. The van der Waals surface area contributed by atoms with Crippen LogP contribution in [0, 0.1) is 0 Å². The first kappa shape index (κ1) is 26.4. The van der Waals surface area contributed by atoms with E-state index in [4.69, 9.17) is 5.11 Å². The molecule has 2 heterocycles. The zero-order valence-electron chi connectivity index (χ0n) is 17.8. The summed E-state index contributed by atoms with van der Waals surface area (Å²) in [5, 5.41) is 9.11. The van der Waals surface area contributed by atoms with Crippen molar-refractivity contribution >= 4 is 57.8 Å². The van der Waals surface area contributed by atoms with Crippen molar-refractivity contribution in [1.29, 1.82) is 0 Å². The van der Waals surface area contributed by atoms with E-state index in [1.54, 1.807) is 48.5 Å². The number of piperazine rings is 1. The van der Waals surface area contributed by atoms with Crippen LogP contribution in [0.5, 0.6) is 0 Å². The molecule has 1 saturated heterocycles. The van der Waals surface area contributed by atoms with E-state index in [1.165, 1.54) is 16.3 Å². The standard InChI is InChI=1S/C21H26N4O4S.2ClH/c1-22-17-6-2-3-7-18(17)25(19-8-4-5-9-20(19)30(22,28)29)21(27)16-24-12-10-23(11-13-24)14-15-26;;/h2-9,26H,10-16H2,1H3;2*1H. The predicted molar refractivity (Wildman–Crippen MR) is 130 cm³/mol. The smallest absolute Gasteiger partial charge is 0.266 e. The fourth-order valence-corrected chi connectivity index (χ4v) is 5.41. The summed E-state index contributed by atoms with van der Waals surface area (Å²) in [4.78, 5) is 19.4. The number of carbonyl (C=O) groups excluding carboxylic acids is 1. The Morgan fingerprint density at radius 1 is 0.875 bits per heavy atom. The Hall–Kier alpha value is -1.88. The Morgan fingerprint density at radius 3 is 2.03 bits per heavy atom. The number of benzene rings is 2. The predicted octanol–water partition coefficient (Wildman–Crippen LogP) is 1.94. The second-order valence-corrected chi connectivity index (χ2v) is 9.44. The highest BCUT2D eigenvalue weighted by molar-refractivity contribution is 7.93. The average Bonchev–Trinajstić information content (AvgIpc) is 2.82. The summed E-state index contributed by atoms with van der Waals surface area (Å²) in [5.74, 6) is -0.170. The van der Waals surface area contributed by atoms with Crippen LogP contribution in [0.15, 0.2) is 53.4 Å². The van der Waals surface area contributed by atoms with Crippen molar-refractivity contribution in [3.63, 3.8) is 0 Å². The van der Waals surface area contributed by atoms with Crippen LogP contribution in [-0.4, -0.2) is 82.2 Å². The molecule has 11 heteroatoms. The zero-order chi connectivity index (χ0) is 21.3. The Bertz CT molecular complexity index is 1050. The number of aliphatic hydroxyl groups excluding tert-OH is 1. The molecular formula is C21H28Cl2N4O4S. The van der Waals surface area contributed by atoms with E-state index >= 15 is 0 Å². The quantitative estimate of drug-likeness (QED) is 0.687. The molecule has 8 nitrogen and oxygen atoms in total. The number of amides is 1. The third kappa shape index (κ3) is 4.88. The fourth-order valence-electron chi connectivity index (χ4n) is 4.03. The summed E-state index contributed by atoms with van der Waals surface area (Å²) in [6.07, 6.45) is 0. The van der Waals surface area contributed by atoms with Gasteiger partial charge in [-0.2, -0.15) is 0 Å². The van der Waals surface area contributed by atoms with Gasteiger partial charge in [-0.25, -0.2) is 8.42 Å². The van der Waals surface area contributed by atoms with Crippen molar-refractivity contribution in [2.45, 2.75) is 4.90 Å². The molecule has 2 aromatic carbocycles. The van der Waals surface area contributed by atoms with Gasteiger partial charge in [-0.05, 0) is 24.3 Å². The SMILES string of the molecule is CN1c2ccccc2N(C(=O)CN2CCN(CCO)CC2)c2ccccc2S1(=O)=O.Cl.Cl. The first-order valence-corrected chi connectivity index (χ1v) is 11.4. The van der Waals surface area contributed by atoms with Gasteiger partial charge in [0.1, 0.15) is 4.90 Å². The molecule has 0 bridgehead atoms. The third-order valence-corrected chi connectivity index (χ3v) is 7.51. The molecule has 2 aliphatic rings. The molecule has 0 aliphatic carbocycles. The molecule has 176 valence electrons. The lowest BCUT2D eigenvalue weighted by Gasteiger charge is -2.35. The van der Waals surface area contributed by atoms with Gasteiger partial charge < -0.3 is 5.11 Å². The Labute approximate surface area is 201 Å². The van der Waals surface area contributed by atoms with Crippen LogP contribution in [0.25, 0.3) is 0 Å². The molecule has 0 spiro atoms. The summed E-state index contributed by atoms with van der Waals surface area (Å²) < 4.78 is 27.6. The topological polar surface area (TPSA) is 84.4 Å². The normalized spacial score (nSPS) is 17.9. The van der Waals surface area contributed by atoms with E-state index in [2.05, 4.69) is 9.80 Å². The molecule has 1 N–H and O–H groups in total. The number of aliphatic hydroxyl groups is 1. The van der Waals surface area contributed by atoms with Crippen molar-refractivity contribution < 1.29 is 18.3 Å². The highest BCUT2D eigenvalue weighted by Gasteiger charge is 2.36. The Morgan fingerprint density at radius 2 is 1.41 bits per heavy atom. The number of fused-ring (bicyclic) bond motifs is 2. The number of anilines is 3. The maximum absolute atomic E-state index is 13.5. The highest BCUT2D eigenvalue weighted by atomic mass is 35.5. The molecule has 0 atom stereocenters. The van der Waals surface area contributed by atoms with E-state index < -0.39 is 10.0 Å².